The summed E-state index contributed by atoms with van der Waals surface area (Å²) in [6.07, 6.45) is 6.94. The quantitative estimate of drug-likeness (QED) is 0.591. The maximum absolute atomic E-state index is 11.3. The van der Waals surface area contributed by atoms with Crippen LogP contribution < -0.4 is 0 Å². The number of carbonyl (C=O) groups is 1. The van der Waals surface area contributed by atoms with E-state index in [1.165, 1.54) is 0 Å². The van der Waals surface area contributed by atoms with Gasteiger partial charge in [0.2, 0.25) is 0 Å². The predicted octanol–water partition coefficient (Wildman–Crippen LogP) is 2.63. The monoisotopic (exact) mass is 150 g/mol. The fraction of sp³-hybridized carbons (Fsp3) is 0.500. The van der Waals surface area contributed by atoms with Gasteiger partial charge in [-0.3, -0.25) is 4.79 Å². The molecule has 0 spiro atoms. The molecule has 0 radical (unpaired) electrons. The van der Waals surface area contributed by atoms with Crippen molar-refractivity contribution >= 4 is 5.78 Å². The molecule has 0 atom stereocenters. The van der Waals surface area contributed by atoms with Crippen LogP contribution in [0.15, 0.2) is 23.3 Å². The van der Waals surface area contributed by atoms with Gasteiger partial charge >= 0.3 is 0 Å². The fourth-order valence-electron chi connectivity index (χ4n) is 1.32. The average molecular weight is 150 g/mol. The number of rotatable bonds is 2. The lowest BCUT2D eigenvalue weighted by Gasteiger charge is -2.09. The van der Waals surface area contributed by atoms with E-state index < -0.39 is 0 Å². The maximum atomic E-state index is 11.3. The Morgan fingerprint density at radius 3 is 2.64 bits per heavy atom. The molecule has 0 bridgehead atoms. The van der Waals surface area contributed by atoms with Gasteiger partial charge < -0.3 is 0 Å². The van der Waals surface area contributed by atoms with Crippen molar-refractivity contribution in [1.82, 2.24) is 0 Å². The SMILES string of the molecule is CCC(=O)C1=CCCC=C1C. The molecule has 0 unspecified atom stereocenters. The lowest BCUT2D eigenvalue weighted by Crippen LogP contribution is -2.04. The molecular weight excluding hydrogens is 136 g/mol. The Bertz CT molecular complexity index is 221. The third kappa shape index (κ3) is 1.79. The fourth-order valence-corrected chi connectivity index (χ4v) is 1.32. The van der Waals surface area contributed by atoms with E-state index >= 15 is 0 Å². The van der Waals surface area contributed by atoms with Gasteiger partial charge in [-0.1, -0.05) is 19.1 Å². The summed E-state index contributed by atoms with van der Waals surface area (Å²) in [4.78, 5) is 11.3. The molecule has 0 heterocycles. The Morgan fingerprint density at radius 2 is 2.09 bits per heavy atom. The van der Waals surface area contributed by atoms with E-state index in [1.807, 2.05) is 13.8 Å². The second kappa shape index (κ2) is 3.51. The van der Waals surface area contributed by atoms with Gasteiger partial charge in [-0.25, -0.2) is 0 Å². The number of hydrogen-bond acceptors (Lipinski definition) is 1. The Labute approximate surface area is 67.8 Å². The molecule has 1 nitrogen and oxygen atoms in total. The maximum Gasteiger partial charge on any atom is 0.162 e. The second-order valence-electron chi connectivity index (χ2n) is 2.86. The smallest absolute Gasteiger partial charge is 0.162 e. The molecule has 1 heteroatoms. The van der Waals surface area contributed by atoms with Crippen molar-refractivity contribution < 1.29 is 4.79 Å². The molecule has 0 saturated heterocycles. The Morgan fingerprint density at radius 1 is 1.45 bits per heavy atom. The summed E-state index contributed by atoms with van der Waals surface area (Å²) in [6, 6.07) is 0. The van der Waals surface area contributed by atoms with Crippen LogP contribution in [0, 0.1) is 0 Å². The molecule has 0 aromatic rings. The molecule has 1 aliphatic carbocycles. The highest BCUT2D eigenvalue weighted by molar-refractivity contribution is 5.99. The van der Waals surface area contributed by atoms with E-state index in [0.717, 1.165) is 24.0 Å². The van der Waals surface area contributed by atoms with E-state index in [0.29, 0.717) is 6.42 Å². The highest BCUT2D eigenvalue weighted by Gasteiger charge is 2.10. The molecular formula is C10H14O. The van der Waals surface area contributed by atoms with Crippen molar-refractivity contribution in [2.45, 2.75) is 33.1 Å². The van der Waals surface area contributed by atoms with Gasteiger partial charge in [0.15, 0.2) is 5.78 Å². The molecule has 60 valence electrons. The first-order valence-electron chi connectivity index (χ1n) is 4.16. The third-order valence-corrected chi connectivity index (χ3v) is 2.01. The summed E-state index contributed by atoms with van der Waals surface area (Å²) >= 11 is 0. The zero-order chi connectivity index (χ0) is 8.27. The van der Waals surface area contributed by atoms with Gasteiger partial charge in [0.1, 0.15) is 0 Å². The van der Waals surface area contributed by atoms with Crippen LogP contribution in [0.1, 0.15) is 33.1 Å². The minimum absolute atomic E-state index is 0.276. The van der Waals surface area contributed by atoms with Crippen molar-refractivity contribution in [3.05, 3.63) is 23.3 Å². The Kier molecular flexibility index (Phi) is 2.64. The van der Waals surface area contributed by atoms with E-state index in [2.05, 4.69) is 12.2 Å². The molecule has 1 rings (SSSR count). The van der Waals surface area contributed by atoms with Crippen LogP contribution in [0.4, 0.5) is 0 Å². The second-order valence-corrected chi connectivity index (χ2v) is 2.86. The van der Waals surface area contributed by atoms with Crippen LogP contribution in [0.25, 0.3) is 0 Å². The largest absolute Gasteiger partial charge is 0.294 e. The van der Waals surface area contributed by atoms with Crippen molar-refractivity contribution in [2.75, 3.05) is 0 Å². The van der Waals surface area contributed by atoms with Gasteiger partial charge in [0.05, 0.1) is 0 Å². The zero-order valence-electron chi connectivity index (χ0n) is 7.18. The van der Waals surface area contributed by atoms with Crippen molar-refractivity contribution in [3.8, 4) is 0 Å². The topological polar surface area (TPSA) is 17.1 Å². The summed E-state index contributed by atoms with van der Waals surface area (Å²) in [6.45, 7) is 3.92. The number of ketones is 1. The van der Waals surface area contributed by atoms with Gasteiger partial charge in [0, 0.05) is 12.0 Å². The molecule has 11 heavy (non-hydrogen) atoms. The Hall–Kier alpha value is -0.850. The molecule has 0 aliphatic heterocycles. The van der Waals surface area contributed by atoms with Gasteiger partial charge in [-0.15, -0.1) is 0 Å². The number of hydrogen-bond donors (Lipinski definition) is 0. The summed E-state index contributed by atoms with van der Waals surface area (Å²) in [5.74, 6) is 0.276. The zero-order valence-corrected chi connectivity index (χ0v) is 7.18. The normalized spacial score (nSPS) is 17.3. The average Bonchev–Trinajstić information content (AvgIpc) is 2.04. The minimum Gasteiger partial charge on any atom is -0.294 e. The van der Waals surface area contributed by atoms with Crippen LogP contribution >= 0.6 is 0 Å². The minimum atomic E-state index is 0.276. The van der Waals surface area contributed by atoms with E-state index in [-0.39, 0.29) is 5.78 Å². The first kappa shape index (κ1) is 8.25. The number of carbonyl (C=O) groups excluding carboxylic acids is 1. The van der Waals surface area contributed by atoms with Crippen molar-refractivity contribution in [1.29, 1.82) is 0 Å². The Balaban J connectivity index is 2.78. The third-order valence-electron chi connectivity index (χ3n) is 2.01. The van der Waals surface area contributed by atoms with Gasteiger partial charge in [0.25, 0.3) is 0 Å². The molecule has 0 saturated carbocycles. The molecule has 0 fully saturated rings. The number of allylic oxidation sites excluding steroid dienone is 4. The summed E-state index contributed by atoms with van der Waals surface area (Å²) in [5.41, 5.74) is 2.10. The van der Waals surface area contributed by atoms with Crippen LogP contribution in [0.2, 0.25) is 0 Å². The summed E-state index contributed by atoms with van der Waals surface area (Å²) in [5, 5.41) is 0. The van der Waals surface area contributed by atoms with Crippen LogP contribution in [-0.4, -0.2) is 5.78 Å². The molecule has 0 aromatic carbocycles. The standard InChI is InChI=1S/C10H14O/c1-3-10(11)9-7-5-4-6-8(9)2/h6-7H,3-5H2,1-2H3. The van der Waals surface area contributed by atoms with E-state index in [9.17, 15) is 4.79 Å². The first-order chi connectivity index (χ1) is 5.25. The predicted molar refractivity (Wildman–Crippen MR) is 46.4 cm³/mol. The lowest BCUT2D eigenvalue weighted by atomic mass is 9.95. The van der Waals surface area contributed by atoms with Gasteiger partial charge in [-0.2, -0.15) is 0 Å². The van der Waals surface area contributed by atoms with Gasteiger partial charge in [-0.05, 0) is 25.3 Å². The molecule has 0 aromatic heterocycles. The first-order valence-corrected chi connectivity index (χ1v) is 4.16. The lowest BCUT2D eigenvalue weighted by molar-refractivity contribution is -0.115. The molecule has 0 amide bonds. The molecule has 1 aliphatic rings. The van der Waals surface area contributed by atoms with Crippen molar-refractivity contribution in [3.63, 3.8) is 0 Å². The van der Waals surface area contributed by atoms with Crippen LogP contribution in [0.3, 0.4) is 0 Å². The highest BCUT2D eigenvalue weighted by atomic mass is 16.1. The van der Waals surface area contributed by atoms with Crippen LogP contribution in [0.5, 0.6) is 0 Å². The van der Waals surface area contributed by atoms with E-state index in [4.69, 9.17) is 0 Å². The molecule has 0 N–H and O–H groups in total. The summed E-state index contributed by atoms with van der Waals surface area (Å²) < 4.78 is 0. The van der Waals surface area contributed by atoms with Crippen LogP contribution in [-0.2, 0) is 4.79 Å². The van der Waals surface area contributed by atoms with E-state index in [1.54, 1.807) is 0 Å². The highest BCUT2D eigenvalue weighted by Crippen LogP contribution is 2.19. The number of Topliss-reactive ketones (excluding diaryl/α,β-unsaturated/α-hetero) is 1. The van der Waals surface area contributed by atoms with Crippen molar-refractivity contribution in [2.24, 2.45) is 0 Å². The summed E-state index contributed by atoms with van der Waals surface area (Å²) in [7, 11) is 0.